The summed E-state index contributed by atoms with van der Waals surface area (Å²) in [5.41, 5.74) is 0.302. The summed E-state index contributed by atoms with van der Waals surface area (Å²) in [5, 5.41) is 0. The first-order valence-electron chi connectivity index (χ1n) is 8.95. The number of methoxy groups -OCH3 is 1. The topological polar surface area (TPSA) is 63.7 Å². The Bertz CT molecular complexity index is 859. The molecule has 0 aliphatic rings. The van der Waals surface area contributed by atoms with Gasteiger partial charge in [0.15, 0.2) is 0 Å². The van der Waals surface area contributed by atoms with Crippen LogP contribution in [0.4, 0.5) is 5.69 Å². The first kappa shape index (κ1) is 20.7. The van der Waals surface area contributed by atoms with Gasteiger partial charge in [0, 0.05) is 6.08 Å². The molecule has 0 spiro atoms. The van der Waals surface area contributed by atoms with Crippen molar-refractivity contribution in [3.05, 3.63) is 66.7 Å². The van der Waals surface area contributed by atoms with Crippen molar-refractivity contribution in [3.63, 3.8) is 0 Å². The molecule has 0 aliphatic heterocycles. The number of hydrogen-bond acceptors (Lipinski definition) is 4. The first-order chi connectivity index (χ1) is 13.0. The number of amides is 1. The van der Waals surface area contributed by atoms with Crippen LogP contribution in [0, 0.1) is 0 Å². The summed E-state index contributed by atoms with van der Waals surface area (Å²) in [6.07, 6.45) is 6.94. The van der Waals surface area contributed by atoms with Crippen LogP contribution in [0.5, 0.6) is 5.75 Å². The first-order valence-corrected chi connectivity index (χ1v) is 10.4. The molecule has 1 amide bonds. The van der Waals surface area contributed by atoms with Gasteiger partial charge in [-0.15, -0.1) is 0 Å². The second-order valence-electron chi connectivity index (χ2n) is 6.02. The van der Waals surface area contributed by atoms with Crippen molar-refractivity contribution in [1.82, 2.24) is 0 Å². The number of carbonyl (C=O) groups excluding carboxylic acids is 1. The number of sulfonamides is 1. The molecule has 2 rings (SSSR count). The predicted molar refractivity (Wildman–Crippen MR) is 107 cm³/mol. The maximum absolute atomic E-state index is 13.1. The van der Waals surface area contributed by atoms with E-state index in [1.165, 1.54) is 25.3 Å². The molecule has 5 nitrogen and oxygen atoms in total. The predicted octanol–water partition coefficient (Wildman–Crippen LogP) is 4.55. The quantitative estimate of drug-likeness (QED) is 0.468. The molecule has 6 heteroatoms. The normalized spacial score (nSPS) is 11.5. The number of para-hydroxylation sites is 1. The number of rotatable bonds is 9. The van der Waals surface area contributed by atoms with Gasteiger partial charge < -0.3 is 4.74 Å². The Kier molecular flexibility index (Phi) is 7.61. The number of nitrogens with zero attached hydrogens (tertiary/aromatic N) is 1. The largest absolute Gasteiger partial charge is 0.497 e. The summed E-state index contributed by atoms with van der Waals surface area (Å²) < 4.78 is 32.2. The van der Waals surface area contributed by atoms with E-state index >= 15 is 0 Å². The van der Waals surface area contributed by atoms with Crippen molar-refractivity contribution in [2.45, 2.75) is 37.5 Å². The molecule has 0 atom stereocenters. The average Bonchev–Trinajstić information content (AvgIpc) is 2.68. The molecule has 144 valence electrons. The van der Waals surface area contributed by atoms with Crippen LogP contribution < -0.4 is 9.04 Å². The van der Waals surface area contributed by atoms with Crippen molar-refractivity contribution in [1.29, 1.82) is 0 Å². The molecule has 0 bridgehead atoms. The Morgan fingerprint density at radius 2 is 1.70 bits per heavy atom. The number of benzene rings is 2. The SMILES string of the molecule is CCCCC/C=C/C(=O)N(c1ccccc1)S(=O)(=O)c1ccc(OC)cc1. The Balaban J connectivity index is 2.35. The van der Waals surface area contributed by atoms with Gasteiger partial charge in [0.25, 0.3) is 15.9 Å². The molecule has 0 saturated heterocycles. The van der Waals surface area contributed by atoms with Crippen LogP contribution in [0.2, 0.25) is 0 Å². The van der Waals surface area contributed by atoms with Crippen LogP contribution in [-0.2, 0) is 14.8 Å². The maximum atomic E-state index is 13.1. The Morgan fingerprint density at radius 3 is 2.30 bits per heavy atom. The van der Waals surface area contributed by atoms with Gasteiger partial charge in [0.2, 0.25) is 0 Å². The third kappa shape index (κ3) is 5.44. The highest BCUT2D eigenvalue weighted by atomic mass is 32.2. The zero-order valence-corrected chi connectivity index (χ0v) is 16.5. The van der Waals surface area contributed by atoms with Crippen molar-refractivity contribution < 1.29 is 17.9 Å². The number of ether oxygens (including phenoxy) is 1. The zero-order chi connectivity index (χ0) is 19.7. The van der Waals surface area contributed by atoms with Gasteiger partial charge in [-0.2, -0.15) is 4.31 Å². The molecule has 0 radical (unpaired) electrons. The van der Waals surface area contributed by atoms with Gasteiger partial charge in [-0.25, -0.2) is 8.42 Å². The zero-order valence-electron chi connectivity index (χ0n) is 15.7. The van der Waals surface area contributed by atoms with Crippen LogP contribution in [0.25, 0.3) is 0 Å². The summed E-state index contributed by atoms with van der Waals surface area (Å²) >= 11 is 0. The lowest BCUT2D eigenvalue weighted by atomic mass is 10.2. The fourth-order valence-electron chi connectivity index (χ4n) is 2.56. The number of carbonyl (C=O) groups is 1. The highest BCUT2D eigenvalue weighted by Crippen LogP contribution is 2.25. The van der Waals surface area contributed by atoms with Crippen molar-refractivity contribution in [2.24, 2.45) is 0 Å². The standard InChI is InChI=1S/C21H25NO4S/c1-3-4-5-6-10-13-21(23)22(18-11-8-7-9-12-18)27(24,25)20-16-14-19(26-2)15-17-20/h7-17H,3-6H2,1-2H3/b13-10+. The van der Waals surface area contributed by atoms with E-state index in [-0.39, 0.29) is 4.90 Å². The van der Waals surface area contributed by atoms with Crippen molar-refractivity contribution >= 4 is 21.6 Å². The highest BCUT2D eigenvalue weighted by Gasteiger charge is 2.29. The van der Waals surface area contributed by atoms with Gasteiger partial charge in [-0.1, -0.05) is 44.0 Å². The van der Waals surface area contributed by atoms with E-state index in [0.29, 0.717) is 11.4 Å². The minimum absolute atomic E-state index is 0.0277. The molecule has 2 aromatic rings. The van der Waals surface area contributed by atoms with Crippen molar-refractivity contribution in [3.8, 4) is 5.75 Å². The van der Waals surface area contributed by atoms with Crippen LogP contribution in [0.3, 0.4) is 0 Å². The van der Waals surface area contributed by atoms with E-state index < -0.39 is 15.9 Å². The molecule has 0 heterocycles. The van der Waals surface area contributed by atoms with E-state index in [0.717, 1.165) is 30.0 Å². The maximum Gasteiger partial charge on any atom is 0.271 e. The van der Waals surface area contributed by atoms with Gasteiger partial charge in [-0.05, 0) is 49.2 Å². The minimum Gasteiger partial charge on any atom is -0.497 e. The minimum atomic E-state index is -4.05. The molecule has 0 unspecified atom stereocenters. The van der Waals surface area contributed by atoms with E-state index in [9.17, 15) is 13.2 Å². The second-order valence-corrected chi connectivity index (χ2v) is 7.80. The van der Waals surface area contributed by atoms with Crippen LogP contribution in [0.15, 0.2) is 71.6 Å². The fraction of sp³-hybridized carbons (Fsp3) is 0.286. The molecule has 0 aliphatic carbocycles. The summed E-state index contributed by atoms with van der Waals surface area (Å²) in [6, 6.07) is 14.3. The third-order valence-electron chi connectivity index (χ3n) is 4.02. The number of anilines is 1. The van der Waals surface area contributed by atoms with Gasteiger partial charge >= 0.3 is 0 Å². The molecule has 0 saturated carbocycles. The molecule has 0 aromatic heterocycles. The molecule has 2 aromatic carbocycles. The Labute approximate surface area is 161 Å². The fourth-order valence-corrected chi connectivity index (χ4v) is 3.95. The molecular formula is C21H25NO4S. The summed E-state index contributed by atoms with van der Waals surface area (Å²) in [4.78, 5) is 12.8. The van der Waals surface area contributed by atoms with E-state index in [2.05, 4.69) is 6.92 Å². The average molecular weight is 388 g/mol. The number of hydrogen-bond donors (Lipinski definition) is 0. The number of unbranched alkanes of at least 4 members (excludes halogenated alkanes) is 3. The van der Waals surface area contributed by atoms with Crippen LogP contribution >= 0.6 is 0 Å². The Hall–Kier alpha value is -2.60. The van der Waals surface area contributed by atoms with E-state index in [4.69, 9.17) is 4.74 Å². The summed E-state index contributed by atoms with van der Waals surface area (Å²) in [7, 11) is -2.54. The molecule has 0 N–H and O–H groups in total. The smallest absolute Gasteiger partial charge is 0.271 e. The third-order valence-corrected chi connectivity index (χ3v) is 5.76. The second kappa shape index (κ2) is 9.92. The lowest BCUT2D eigenvalue weighted by molar-refractivity contribution is -0.113. The van der Waals surface area contributed by atoms with E-state index in [1.807, 2.05) is 0 Å². The Morgan fingerprint density at radius 1 is 1.04 bits per heavy atom. The molecule has 27 heavy (non-hydrogen) atoms. The van der Waals surface area contributed by atoms with Crippen LogP contribution in [-0.4, -0.2) is 21.4 Å². The van der Waals surface area contributed by atoms with Crippen molar-refractivity contribution in [2.75, 3.05) is 11.4 Å². The summed E-state index contributed by atoms with van der Waals surface area (Å²) in [6.45, 7) is 2.10. The van der Waals surface area contributed by atoms with Gasteiger partial charge in [-0.3, -0.25) is 4.79 Å². The summed E-state index contributed by atoms with van der Waals surface area (Å²) in [5.74, 6) is -0.0455. The van der Waals surface area contributed by atoms with E-state index in [1.54, 1.807) is 48.5 Å². The van der Waals surface area contributed by atoms with Gasteiger partial charge in [0.05, 0.1) is 17.7 Å². The lowest BCUT2D eigenvalue weighted by Gasteiger charge is -2.21. The monoisotopic (exact) mass is 387 g/mol. The lowest BCUT2D eigenvalue weighted by Crippen LogP contribution is -2.35. The van der Waals surface area contributed by atoms with Crippen LogP contribution in [0.1, 0.15) is 32.6 Å². The molecular weight excluding hydrogens is 362 g/mol. The van der Waals surface area contributed by atoms with Gasteiger partial charge in [0.1, 0.15) is 5.75 Å². The number of allylic oxidation sites excluding steroid dienone is 1. The highest BCUT2D eigenvalue weighted by molar-refractivity contribution is 7.93. The molecule has 0 fully saturated rings.